The molecule has 2 aromatic carbocycles. The largest absolute Gasteiger partial charge is 0.457 e. The standard InChI is InChI=1S/C27H29N5O3/c1-18(34-2)27(33)31-16-6-7-19(17-31)24-23-14-15-29-26(28)25(23)32(30-24)20-10-12-22(13-11-20)35-21-8-4-3-5-9-21/h3-5,8-15,18-19H,6-7,16-17H2,1-2H3,(H2,28,29)/t18-,19-/m1/s1. The van der Waals surface area contributed by atoms with E-state index in [0.717, 1.165) is 53.2 Å². The third-order valence-electron chi connectivity index (χ3n) is 6.53. The molecule has 0 unspecified atom stereocenters. The number of methoxy groups -OCH3 is 1. The number of benzene rings is 2. The molecule has 180 valence electrons. The van der Waals surface area contributed by atoms with Crippen molar-refractivity contribution in [3.63, 3.8) is 0 Å². The Morgan fingerprint density at radius 3 is 2.57 bits per heavy atom. The number of likely N-dealkylation sites (tertiary alicyclic amines) is 1. The molecule has 0 saturated carbocycles. The third kappa shape index (κ3) is 4.57. The first kappa shape index (κ1) is 22.9. The van der Waals surface area contributed by atoms with Gasteiger partial charge in [-0.3, -0.25) is 4.79 Å². The third-order valence-corrected chi connectivity index (χ3v) is 6.53. The highest BCUT2D eigenvalue weighted by Gasteiger charge is 2.30. The summed E-state index contributed by atoms with van der Waals surface area (Å²) in [5, 5.41) is 5.96. The number of ether oxygens (including phenoxy) is 2. The van der Waals surface area contributed by atoms with Crippen LogP contribution in [0, 0.1) is 0 Å². The van der Waals surface area contributed by atoms with Crippen molar-refractivity contribution in [3.05, 3.63) is 72.6 Å². The fourth-order valence-electron chi connectivity index (χ4n) is 4.64. The van der Waals surface area contributed by atoms with Crippen LogP contribution >= 0.6 is 0 Å². The number of hydrogen-bond donors (Lipinski definition) is 1. The quantitative estimate of drug-likeness (QED) is 0.444. The molecule has 35 heavy (non-hydrogen) atoms. The second-order valence-electron chi connectivity index (χ2n) is 8.80. The summed E-state index contributed by atoms with van der Waals surface area (Å²) in [6, 6.07) is 19.3. The van der Waals surface area contributed by atoms with Crippen molar-refractivity contribution in [1.82, 2.24) is 19.7 Å². The minimum atomic E-state index is -0.459. The number of fused-ring (bicyclic) bond motifs is 1. The predicted octanol–water partition coefficient (Wildman–Crippen LogP) is 4.54. The number of rotatable bonds is 6. The number of para-hydroxylation sites is 1. The first-order valence-corrected chi connectivity index (χ1v) is 11.8. The zero-order valence-electron chi connectivity index (χ0n) is 19.9. The van der Waals surface area contributed by atoms with Gasteiger partial charge in [0, 0.05) is 37.7 Å². The summed E-state index contributed by atoms with van der Waals surface area (Å²) in [5.41, 5.74) is 8.89. The molecule has 4 aromatic rings. The summed E-state index contributed by atoms with van der Waals surface area (Å²) >= 11 is 0. The molecule has 3 heterocycles. The lowest BCUT2D eigenvalue weighted by Gasteiger charge is -2.33. The number of carbonyl (C=O) groups is 1. The second-order valence-corrected chi connectivity index (χ2v) is 8.80. The molecule has 1 aliphatic rings. The smallest absolute Gasteiger partial charge is 0.251 e. The van der Waals surface area contributed by atoms with Crippen LogP contribution in [-0.4, -0.2) is 51.9 Å². The number of amides is 1. The molecule has 8 nitrogen and oxygen atoms in total. The first-order valence-electron chi connectivity index (χ1n) is 11.8. The fourth-order valence-corrected chi connectivity index (χ4v) is 4.64. The van der Waals surface area contributed by atoms with E-state index in [-0.39, 0.29) is 11.8 Å². The van der Waals surface area contributed by atoms with Gasteiger partial charge in [-0.2, -0.15) is 5.10 Å². The van der Waals surface area contributed by atoms with Gasteiger partial charge in [0.2, 0.25) is 0 Å². The van der Waals surface area contributed by atoms with Crippen molar-refractivity contribution in [2.75, 3.05) is 25.9 Å². The molecule has 1 amide bonds. The van der Waals surface area contributed by atoms with Crippen LogP contribution in [0.3, 0.4) is 0 Å². The highest BCUT2D eigenvalue weighted by Crippen LogP contribution is 2.35. The Morgan fingerprint density at radius 2 is 1.83 bits per heavy atom. The Bertz CT molecular complexity index is 1320. The van der Waals surface area contributed by atoms with Crippen LogP contribution in [0.4, 0.5) is 5.82 Å². The van der Waals surface area contributed by atoms with Gasteiger partial charge in [-0.25, -0.2) is 9.67 Å². The van der Waals surface area contributed by atoms with E-state index in [9.17, 15) is 4.79 Å². The van der Waals surface area contributed by atoms with E-state index in [1.165, 1.54) is 0 Å². The van der Waals surface area contributed by atoms with Gasteiger partial charge >= 0.3 is 0 Å². The van der Waals surface area contributed by atoms with Crippen LogP contribution in [0.5, 0.6) is 11.5 Å². The van der Waals surface area contributed by atoms with Gasteiger partial charge in [0.15, 0.2) is 0 Å². The molecular formula is C27H29N5O3. The Balaban J connectivity index is 1.47. The van der Waals surface area contributed by atoms with Crippen LogP contribution in [0.2, 0.25) is 0 Å². The van der Waals surface area contributed by atoms with Gasteiger partial charge in [-0.1, -0.05) is 18.2 Å². The van der Waals surface area contributed by atoms with E-state index in [0.29, 0.717) is 12.4 Å². The lowest BCUT2D eigenvalue weighted by atomic mass is 9.92. The van der Waals surface area contributed by atoms with Gasteiger partial charge in [0.1, 0.15) is 28.9 Å². The Labute approximate surface area is 204 Å². The maximum absolute atomic E-state index is 12.7. The first-order chi connectivity index (χ1) is 17.0. The molecule has 0 spiro atoms. The van der Waals surface area contributed by atoms with E-state index < -0.39 is 6.10 Å². The predicted molar refractivity (Wildman–Crippen MR) is 135 cm³/mol. The van der Waals surface area contributed by atoms with Crippen molar-refractivity contribution in [2.45, 2.75) is 31.8 Å². The van der Waals surface area contributed by atoms with Crippen LogP contribution in [-0.2, 0) is 9.53 Å². The Kier molecular flexibility index (Phi) is 6.37. The molecule has 1 aliphatic heterocycles. The topological polar surface area (TPSA) is 95.5 Å². The molecule has 1 saturated heterocycles. The van der Waals surface area contributed by atoms with Gasteiger partial charge in [0.05, 0.1) is 11.4 Å². The molecule has 0 aliphatic carbocycles. The van der Waals surface area contributed by atoms with Crippen molar-refractivity contribution < 1.29 is 14.3 Å². The number of nitrogens with zero attached hydrogens (tertiary/aromatic N) is 4. The average Bonchev–Trinajstić information content (AvgIpc) is 3.30. The summed E-state index contributed by atoms with van der Waals surface area (Å²) < 4.78 is 13.0. The van der Waals surface area contributed by atoms with Crippen molar-refractivity contribution >= 4 is 22.6 Å². The zero-order chi connectivity index (χ0) is 24.4. The van der Waals surface area contributed by atoms with Crippen LogP contribution in [0.1, 0.15) is 31.4 Å². The van der Waals surface area contributed by atoms with E-state index in [4.69, 9.17) is 20.3 Å². The number of nitrogens with two attached hydrogens (primary N) is 1. The molecular weight excluding hydrogens is 442 g/mol. The summed E-state index contributed by atoms with van der Waals surface area (Å²) in [6.45, 7) is 3.12. The van der Waals surface area contributed by atoms with E-state index in [1.807, 2.05) is 70.2 Å². The van der Waals surface area contributed by atoms with E-state index in [2.05, 4.69) is 4.98 Å². The highest BCUT2D eigenvalue weighted by molar-refractivity contribution is 5.91. The van der Waals surface area contributed by atoms with Crippen LogP contribution in [0.25, 0.3) is 16.6 Å². The number of pyridine rings is 1. The number of carbonyl (C=O) groups excluding carboxylic acids is 1. The number of nitrogen functional groups attached to an aromatic ring is 1. The van der Waals surface area contributed by atoms with Gasteiger partial charge in [0.25, 0.3) is 5.91 Å². The van der Waals surface area contributed by atoms with Gasteiger partial charge < -0.3 is 20.1 Å². The molecule has 5 rings (SSSR count). The van der Waals surface area contributed by atoms with Gasteiger partial charge in [-0.05, 0) is 62.2 Å². The molecule has 8 heteroatoms. The maximum atomic E-state index is 12.7. The zero-order valence-corrected chi connectivity index (χ0v) is 19.9. The van der Waals surface area contributed by atoms with Crippen LogP contribution < -0.4 is 10.5 Å². The Morgan fingerprint density at radius 1 is 1.09 bits per heavy atom. The number of piperidine rings is 1. The minimum absolute atomic E-state index is 0.0103. The molecule has 2 N–H and O–H groups in total. The lowest BCUT2D eigenvalue weighted by molar-refractivity contribution is -0.142. The lowest BCUT2D eigenvalue weighted by Crippen LogP contribution is -2.44. The molecule has 0 radical (unpaired) electrons. The number of aromatic nitrogens is 3. The van der Waals surface area contributed by atoms with Crippen LogP contribution in [0.15, 0.2) is 66.9 Å². The highest BCUT2D eigenvalue weighted by atomic mass is 16.5. The number of hydrogen-bond acceptors (Lipinski definition) is 6. The van der Waals surface area contributed by atoms with Crippen molar-refractivity contribution in [1.29, 1.82) is 0 Å². The molecule has 2 atom stereocenters. The van der Waals surface area contributed by atoms with E-state index in [1.54, 1.807) is 20.2 Å². The van der Waals surface area contributed by atoms with Crippen molar-refractivity contribution in [2.24, 2.45) is 0 Å². The molecule has 1 fully saturated rings. The van der Waals surface area contributed by atoms with E-state index >= 15 is 0 Å². The second kappa shape index (κ2) is 9.76. The molecule has 0 bridgehead atoms. The normalized spacial score (nSPS) is 16.9. The van der Waals surface area contributed by atoms with Crippen molar-refractivity contribution in [3.8, 4) is 17.2 Å². The maximum Gasteiger partial charge on any atom is 0.251 e. The minimum Gasteiger partial charge on any atom is -0.457 e. The average molecular weight is 472 g/mol. The summed E-state index contributed by atoms with van der Waals surface area (Å²) in [6.07, 6.45) is 3.11. The monoisotopic (exact) mass is 471 g/mol. The molecule has 2 aromatic heterocycles. The summed E-state index contributed by atoms with van der Waals surface area (Å²) in [7, 11) is 1.56. The SMILES string of the molecule is CO[C@H](C)C(=O)N1CCC[C@@H](c2nn(-c3ccc(Oc4ccccc4)cc3)c3c(N)nccc23)C1. The Hall–Kier alpha value is -3.91. The van der Waals surface area contributed by atoms with Gasteiger partial charge in [-0.15, -0.1) is 0 Å². The number of anilines is 1. The summed E-state index contributed by atoms with van der Waals surface area (Å²) in [4.78, 5) is 18.9. The fraction of sp³-hybridized carbons (Fsp3) is 0.296. The summed E-state index contributed by atoms with van der Waals surface area (Å²) in [5.74, 6) is 2.04.